The number of ether oxygens (including phenoxy) is 3. The maximum Gasteiger partial charge on any atom is 0.346 e. The summed E-state index contributed by atoms with van der Waals surface area (Å²) in [7, 11) is 2.86. The fourth-order valence-corrected chi connectivity index (χ4v) is 4.75. The van der Waals surface area contributed by atoms with Crippen LogP contribution in [0.15, 0.2) is 18.2 Å². The first-order chi connectivity index (χ1) is 14.0. The lowest BCUT2D eigenvalue weighted by atomic mass is 9.89. The highest BCUT2D eigenvalue weighted by Crippen LogP contribution is 2.39. The minimum absolute atomic E-state index is 0.114. The Labute approximate surface area is 173 Å². The van der Waals surface area contributed by atoms with Gasteiger partial charge < -0.3 is 19.5 Å². The van der Waals surface area contributed by atoms with Gasteiger partial charge in [-0.2, -0.15) is 5.26 Å². The Balaban J connectivity index is 1.69. The van der Waals surface area contributed by atoms with Gasteiger partial charge in [-0.25, -0.2) is 4.79 Å². The van der Waals surface area contributed by atoms with Crippen molar-refractivity contribution in [1.29, 1.82) is 5.26 Å². The Morgan fingerprint density at radius 1 is 1.28 bits per heavy atom. The van der Waals surface area contributed by atoms with Crippen molar-refractivity contribution in [1.82, 2.24) is 0 Å². The summed E-state index contributed by atoms with van der Waals surface area (Å²) in [6.07, 6.45) is 2.78. The summed E-state index contributed by atoms with van der Waals surface area (Å²) in [6, 6.07) is 7.10. The average molecular weight is 414 g/mol. The van der Waals surface area contributed by atoms with E-state index >= 15 is 0 Å². The highest BCUT2D eigenvalue weighted by molar-refractivity contribution is 7.16. The van der Waals surface area contributed by atoms with Crippen LogP contribution < -0.4 is 14.8 Å². The molecule has 0 unspecified atom stereocenters. The van der Waals surface area contributed by atoms with Gasteiger partial charge in [-0.05, 0) is 42.9 Å². The van der Waals surface area contributed by atoms with Gasteiger partial charge in [0, 0.05) is 4.88 Å². The van der Waals surface area contributed by atoms with Crippen molar-refractivity contribution in [2.24, 2.45) is 5.92 Å². The number of hydrogen-bond acceptors (Lipinski definition) is 7. The zero-order chi connectivity index (χ0) is 21.0. The summed E-state index contributed by atoms with van der Waals surface area (Å²) in [4.78, 5) is 26.0. The van der Waals surface area contributed by atoms with Crippen molar-refractivity contribution in [2.75, 3.05) is 26.1 Å². The van der Waals surface area contributed by atoms with E-state index in [4.69, 9.17) is 14.2 Å². The molecule has 1 amide bonds. The van der Waals surface area contributed by atoms with Gasteiger partial charge in [-0.15, -0.1) is 11.3 Å². The number of methoxy groups -OCH3 is 2. The number of esters is 1. The van der Waals surface area contributed by atoms with Gasteiger partial charge in [0.25, 0.3) is 5.91 Å². The summed E-state index contributed by atoms with van der Waals surface area (Å²) in [5.74, 6) is -0.0826. The molecule has 1 heterocycles. The number of rotatable bonds is 6. The monoisotopic (exact) mass is 414 g/mol. The number of anilines is 1. The lowest BCUT2D eigenvalue weighted by Gasteiger charge is -2.17. The van der Waals surface area contributed by atoms with Crippen LogP contribution in [-0.2, 0) is 22.4 Å². The first-order valence-electron chi connectivity index (χ1n) is 9.21. The Hall–Kier alpha value is -3.05. The predicted molar refractivity (Wildman–Crippen MR) is 109 cm³/mol. The molecule has 152 valence electrons. The second-order valence-electron chi connectivity index (χ2n) is 6.83. The number of benzene rings is 1. The summed E-state index contributed by atoms with van der Waals surface area (Å²) >= 11 is 1.43. The third-order valence-corrected chi connectivity index (χ3v) is 6.01. The Morgan fingerprint density at radius 3 is 2.59 bits per heavy atom. The number of nitrogens with zero attached hydrogens (tertiary/aromatic N) is 1. The molecule has 1 aromatic carbocycles. The molecular formula is C21H22N2O5S. The summed E-state index contributed by atoms with van der Waals surface area (Å²) in [6.45, 7) is 1.70. The number of nitriles is 1. The molecule has 0 radical (unpaired) electrons. The normalized spacial score (nSPS) is 15.0. The number of carbonyl (C=O) groups is 2. The van der Waals surface area contributed by atoms with Gasteiger partial charge in [0.05, 0.1) is 19.8 Å². The van der Waals surface area contributed by atoms with Gasteiger partial charge in [0.2, 0.25) is 0 Å². The van der Waals surface area contributed by atoms with Gasteiger partial charge >= 0.3 is 5.97 Å². The molecule has 0 spiro atoms. The average Bonchev–Trinajstić information content (AvgIpc) is 3.06. The summed E-state index contributed by atoms with van der Waals surface area (Å²) in [5, 5.41) is 12.7. The number of thiophene rings is 1. The van der Waals surface area contributed by atoms with Crippen LogP contribution in [0.25, 0.3) is 0 Å². The molecular weight excluding hydrogens is 392 g/mol. The van der Waals surface area contributed by atoms with Crippen LogP contribution in [0.5, 0.6) is 11.5 Å². The van der Waals surface area contributed by atoms with Crippen molar-refractivity contribution in [3.63, 3.8) is 0 Å². The minimum atomic E-state index is -0.728. The molecule has 1 atom stereocenters. The van der Waals surface area contributed by atoms with Crippen LogP contribution in [0.3, 0.4) is 0 Å². The topological polar surface area (TPSA) is 97.7 Å². The molecule has 29 heavy (non-hydrogen) atoms. The van der Waals surface area contributed by atoms with E-state index in [1.54, 1.807) is 18.2 Å². The van der Waals surface area contributed by atoms with Crippen molar-refractivity contribution >= 4 is 28.2 Å². The molecule has 7 nitrogen and oxygen atoms in total. The molecule has 0 fully saturated rings. The lowest BCUT2D eigenvalue weighted by molar-refractivity contribution is -0.119. The predicted octanol–water partition coefficient (Wildman–Crippen LogP) is 3.56. The first-order valence-corrected chi connectivity index (χ1v) is 10.0. The lowest BCUT2D eigenvalue weighted by Crippen LogP contribution is -2.21. The zero-order valence-corrected chi connectivity index (χ0v) is 17.4. The van der Waals surface area contributed by atoms with Gasteiger partial charge in [-0.3, -0.25) is 4.79 Å². The molecule has 0 saturated heterocycles. The van der Waals surface area contributed by atoms with Crippen molar-refractivity contribution in [3.8, 4) is 17.6 Å². The number of fused-ring (bicyclic) bond motifs is 1. The summed E-state index contributed by atoms with van der Waals surface area (Å²) in [5.41, 5.74) is 1.66. The van der Waals surface area contributed by atoms with E-state index in [9.17, 15) is 14.9 Å². The largest absolute Gasteiger partial charge is 0.496 e. The molecule has 0 bridgehead atoms. The second-order valence-corrected chi connectivity index (χ2v) is 7.93. The maximum atomic E-state index is 12.5. The molecule has 1 N–H and O–H groups in total. The standard InChI is InChI=1S/C21H22N2O5S/c1-12-7-8-13-14(10-22)20(29-17(13)9-12)23-18(24)11-28-21(25)19-15(26-2)5-4-6-16(19)27-3/h4-6,12H,7-9,11H2,1-3H3,(H,23,24)/t12-/m1/s1. The van der Waals surface area contributed by atoms with E-state index in [-0.39, 0.29) is 5.56 Å². The molecule has 3 rings (SSSR count). The van der Waals surface area contributed by atoms with Gasteiger partial charge in [0.15, 0.2) is 6.61 Å². The van der Waals surface area contributed by atoms with Crippen LogP contribution >= 0.6 is 11.3 Å². The van der Waals surface area contributed by atoms with Crippen LogP contribution in [0, 0.1) is 17.2 Å². The molecule has 1 aromatic heterocycles. The third kappa shape index (κ3) is 4.35. The second kappa shape index (κ2) is 8.97. The fraction of sp³-hybridized carbons (Fsp3) is 0.381. The van der Waals surface area contributed by atoms with E-state index in [2.05, 4.69) is 18.3 Å². The van der Waals surface area contributed by atoms with Gasteiger partial charge in [-0.1, -0.05) is 13.0 Å². The van der Waals surface area contributed by atoms with Crippen molar-refractivity contribution in [2.45, 2.75) is 26.2 Å². The van der Waals surface area contributed by atoms with Crippen LogP contribution in [0.1, 0.15) is 39.7 Å². The Bertz CT molecular complexity index is 954. The van der Waals surface area contributed by atoms with E-state index in [0.717, 1.165) is 29.7 Å². The molecule has 0 aliphatic heterocycles. The Kier molecular flexibility index (Phi) is 6.39. The van der Waals surface area contributed by atoms with E-state index in [1.807, 2.05) is 0 Å². The fourth-order valence-electron chi connectivity index (χ4n) is 3.38. The van der Waals surface area contributed by atoms with Crippen LogP contribution in [0.4, 0.5) is 5.00 Å². The van der Waals surface area contributed by atoms with Crippen LogP contribution in [-0.4, -0.2) is 32.7 Å². The number of amides is 1. The van der Waals surface area contributed by atoms with Crippen molar-refractivity contribution in [3.05, 3.63) is 39.8 Å². The smallest absolute Gasteiger partial charge is 0.346 e. The van der Waals surface area contributed by atoms with Gasteiger partial charge in [0.1, 0.15) is 28.1 Å². The SMILES string of the molecule is COc1cccc(OC)c1C(=O)OCC(=O)Nc1sc2c(c1C#N)CC[C@@H](C)C2. The Morgan fingerprint density at radius 2 is 1.97 bits per heavy atom. The molecule has 1 aliphatic carbocycles. The molecule has 2 aromatic rings. The highest BCUT2D eigenvalue weighted by atomic mass is 32.1. The molecule has 0 saturated carbocycles. The third-order valence-electron chi connectivity index (χ3n) is 4.84. The number of carbonyl (C=O) groups excluding carboxylic acids is 2. The van der Waals surface area contributed by atoms with Crippen LogP contribution in [0.2, 0.25) is 0 Å². The number of hydrogen-bond donors (Lipinski definition) is 1. The maximum absolute atomic E-state index is 12.5. The zero-order valence-electron chi connectivity index (χ0n) is 16.5. The van der Waals surface area contributed by atoms with E-state index < -0.39 is 18.5 Å². The quantitative estimate of drug-likeness (QED) is 0.726. The minimum Gasteiger partial charge on any atom is -0.496 e. The summed E-state index contributed by atoms with van der Waals surface area (Å²) < 4.78 is 15.5. The van der Waals surface area contributed by atoms with Crippen molar-refractivity contribution < 1.29 is 23.8 Å². The first kappa shape index (κ1) is 20.7. The highest BCUT2D eigenvalue weighted by Gasteiger charge is 2.25. The van der Waals surface area contributed by atoms with E-state index in [1.165, 1.54) is 25.6 Å². The number of nitrogens with one attached hydrogen (secondary N) is 1. The molecule has 1 aliphatic rings. The van der Waals surface area contributed by atoms with E-state index in [0.29, 0.717) is 28.0 Å². The molecule has 8 heteroatoms.